The number of hydrogen-bond donors (Lipinski definition) is 1. The highest BCUT2D eigenvalue weighted by molar-refractivity contribution is 8.01. The number of benzene rings is 3. The Morgan fingerprint density at radius 1 is 1.00 bits per heavy atom. The Kier molecular flexibility index (Phi) is 9.29. The predicted octanol–water partition coefficient (Wildman–Crippen LogP) is 5.63. The fourth-order valence-corrected chi connectivity index (χ4v) is 5.66. The summed E-state index contributed by atoms with van der Waals surface area (Å²) in [5.41, 5.74) is 2.64. The average molecular weight is 537 g/mol. The number of para-hydroxylation sites is 1. The number of halogens is 1. The van der Waals surface area contributed by atoms with Crippen LogP contribution in [0.3, 0.4) is 0 Å². The fourth-order valence-electron chi connectivity index (χ4n) is 4.37. The highest BCUT2D eigenvalue weighted by Crippen LogP contribution is 2.42. The molecule has 6 nitrogen and oxygen atoms in total. The smallest absolute Gasteiger partial charge is 0.241 e. The summed E-state index contributed by atoms with van der Waals surface area (Å²) in [6.07, 6.45) is 0.621. The van der Waals surface area contributed by atoms with E-state index in [9.17, 15) is 14.0 Å². The number of amides is 2. The maximum atomic E-state index is 13.6. The number of nitrogens with one attached hydrogen (secondary N) is 1. The van der Waals surface area contributed by atoms with E-state index in [1.807, 2.05) is 56.3 Å². The molecular weight excluding hydrogens is 503 g/mol. The highest BCUT2D eigenvalue weighted by atomic mass is 32.2. The van der Waals surface area contributed by atoms with Crippen molar-refractivity contribution in [1.82, 2.24) is 5.32 Å². The van der Waals surface area contributed by atoms with Gasteiger partial charge in [-0.15, -0.1) is 11.8 Å². The zero-order valence-electron chi connectivity index (χ0n) is 21.9. The summed E-state index contributed by atoms with van der Waals surface area (Å²) in [4.78, 5) is 29.4. The molecule has 1 heterocycles. The molecule has 0 radical (unpaired) electrons. The van der Waals surface area contributed by atoms with Gasteiger partial charge < -0.3 is 19.7 Å². The second kappa shape index (κ2) is 12.8. The van der Waals surface area contributed by atoms with Crippen LogP contribution in [-0.4, -0.2) is 36.8 Å². The Bertz CT molecular complexity index is 1270. The molecule has 0 unspecified atom stereocenters. The first kappa shape index (κ1) is 27.5. The number of fused-ring (bicyclic) bond motifs is 1. The molecule has 0 bridgehead atoms. The maximum Gasteiger partial charge on any atom is 0.241 e. The van der Waals surface area contributed by atoms with Crippen LogP contribution in [0.5, 0.6) is 11.5 Å². The lowest BCUT2D eigenvalue weighted by atomic mass is 10.0. The molecule has 0 aromatic heterocycles. The predicted molar refractivity (Wildman–Crippen MR) is 148 cm³/mol. The van der Waals surface area contributed by atoms with Crippen LogP contribution in [0.25, 0.3) is 0 Å². The van der Waals surface area contributed by atoms with E-state index in [-0.39, 0.29) is 17.6 Å². The number of anilines is 1. The molecule has 8 heteroatoms. The van der Waals surface area contributed by atoms with Gasteiger partial charge in [-0.05, 0) is 67.8 Å². The topological polar surface area (TPSA) is 67.9 Å². The van der Waals surface area contributed by atoms with Crippen LogP contribution in [0.4, 0.5) is 10.1 Å². The van der Waals surface area contributed by atoms with E-state index in [4.69, 9.17) is 9.47 Å². The molecule has 0 aliphatic carbocycles. The van der Waals surface area contributed by atoms with Crippen molar-refractivity contribution >= 4 is 29.3 Å². The number of carbonyl (C=O) groups excluding carboxylic acids is 2. The van der Waals surface area contributed by atoms with Crippen molar-refractivity contribution in [2.24, 2.45) is 5.92 Å². The molecule has 1 aliphatic rings. The first-order valence-electron chi connectivity index (χ1n) is 12.9. The van der Waals surface area contributed by atoms with E-state index < -0.39 is 11.2 Å². The van der Waals surface area contributed by atoms with Crippen LogP contribution in [0.1, 0.15) is 31.9 Å². The van der Waals surface area contributed by atoms with E-state index >= 15 is 0 Å². The summed E-state index contributed by atoms with van der Waals surface area (Å²) < 4.78 is 24.7. The van der Waals surface area contributed by atoms with Crippen LogP contribution >= 0.6 is 11.8 Å². The summed E-state index contributed by atoms with van der Waals surface area (Å²) in [5.74, 6) is 0.222. The third-order valence-electron chi connectivity index (χ3n) is 6.36. The zero-order valence-corrected chi connectivity index (χ0v) is 22.7. The third-order valence-corrected chi connectivity index (χ3v) is 7.82. The van der Waals surface area contributed by atoms with Crippen molar-refractivity contribution in [1.29, 1.82) is 0 Å². The van der Waals surface area contributed by atoms with Crippen LogP contribution in [0.2, 0.25) is 0 Å². The minimum atomic E-state index is -0.569. The van der Waals surface area contributed by atoms with Crippen molar-refractivity contribution in [3.63, 3.8) is 0 Å². The lowest BCUT2D eigenvalue weighted by Crippen LogP contribution is -2.47. The van der Waals surface area contributed by atoms with Crippen LogP contribution in [0, 0.1) is 11.7 Å². The minimum absolute atomic E-state index is 0.131. The van der Waals surface area contributed by atoms with E-state index in [1.54, 1.807) is 24.0 Å². The minimum Gasteiger partial charge on any atom is -0.490 e. The quantitative estimate of drug-likeness (QED) is 0.344. The molecule has 0 fully saturated rings. The number of thioether (sulfide) groups is 1. The Hall–Kier alpha value is -3.52. The van der Waals surface area contributed by atoms with Crippen molar-refractivity contribution in [3.05, 3.63) is 83.7 Å². The first-order valence-corrected chi connectivity index (χ1v) is 13.8. The molecule has 4 rings (SSSR count). The van der Waals surface area contributed by atoms with Gasteiger partial charge in [0.2, 0.25) is 11.8 Å². The van der Waals surface area contributed by atoms with E-state index in [0.29, 0.717) is 44.2 Å². The van der Waals surface area contributed by atoms with Crippen molar-refractivity contribution in [3.8, 4) is 11.5 Å². The molecule has 1 aliphatic heterocycles. The molecular formula is C30H33FN2O4S. The average Bonchev–Trinajstić information content (AvgIpc) is 2.92. The summed E-state index contributed by atoms with van der Waals surface area (Å²) in [6, 6.07) is 19.6. The van der Waals surface area contributed by atoms with Gasteiger partial charge in [0.15, 0.2) is 11.5 Å². The van der Waals surface area contributed by atoms with Gasteiger partial charge in [0.1, 0.15) is 11.1 Å². The number of rotatable bonds is 11. The summed E-state index contributed by atoms with van der Waals surface area (Å²) in [6.45, 7) is 7.47. The SMILES string of the molecule is CCOc1ccc(CCNC(=O)[C@@H](C)[C@@H]2Sc3ccccc3N(Cc3ccc(F)cc3)C2=O)cc1OCC. The van der Waals surface area contributed by atoms with Gasteiger partial charge in [-0.25, -0.2) is 4.39 Å². The van der Waals surface area contributed by atoms with Gasteiger partial charge in [0.05, 0.1) is 31.4 Å². The van der Waals surface area contributed by atoms with E-state index in [2.05, 4.69) is 5.32 Å². The first-order chi connectivity index (χ1) is 18.4. The van der Waals surface area contributed by atoms with Crippen molar-refractivity contribution in [2.75, 3.05) is 24.7 Å². The molecule has 2 atom stereocenters. The maximum absolute atomic E-state index is 13.6. The van der Waals surface area contributed by atoms with Crippen LogP contribution in [0.15, 0.2) is 71.6 Å². The summed E-state index contributed by atoms with van der Waals surface area (Å²) in [5, 5.41) is 2.43. The van der Waals surface area contributed by atoms with Gasteiger partial charge in [-0.3, -0.25) is 9.59 Å². The van der Waals surface area contributed by atoms with Crippen LogP contribution in [-0.2, 0) is 22.6 Å². The molecule has 3 aromatic rings. The Morgan fingerprint density at radius 2 is 1.68 bits per heavy atom. The lowest BCUT2D eigenvalue weighted by Gasteiger charge is -2.35. The Labute approximate surface area is 227 Å². The standard InChI is InChI=1S/C30H33FN2O4S/c1-4-36-25-15-12-21(18-26(25)37-5-2)16-17-32-29(34)20(3)28-30(35)33(19-22-10-13-23(31)14-11-22)24-8-6-7-9-27(24)38-28/h6-15,18,20,28H,4-5,16-17,19H2,1-3H3,(H,32,34)/t20-,28-/m0/s1. The highest BCUT2D eigenvalue weighted by Gasteiger charge is 2.39. The molecule has 0 saturated carbocycles. The van der Waals surface area contributed by atoms with Crippen molar-refractivity contribution in [2.45, 2.75) is 43.9 Å². The number of hydrogen-bond acceptors (Lipinski definition) is 5. The molecule has 38 heavy (non-hydrogen) atoms. The third kappa shape index (κ3) is 6.48. The molecule has 200 valence electrons. The summed E-state index contributed by atoms with van der Waals surface area (Å²) in [7, 11) is 0. The number of ether oxygens (including phenoxy) is 2. The van der Waals surface area contributed by atoms with Gasteiger partial charge in [0.25, 0.3) is 0 Å². The Morgan fingerprint density at radius 3 is 2.42 bits per heavy atom. The van der Waals surface area contributed by atoms with Crippen molar-refractivity contribution < 1.29 is 23.5 Å². The van der Waals surface area contributed by atoms with E-state index in [1.165, 1.54) is 23.9 Å². The zero-order chi connectivity index (χ0) is 27.1. The largest absolute Gasteiger partial charge is 0.490 e. The second-order valence-electron chi connectivity index (χ2n) is 9.03. The molecule has 3 aromatic carbocycles. The van der Waals surface area contributed by atoms with Gasteiger partial charge in [-0.2, -0.15) is 0 Å². The van der Waals surface area contributed by atoms with Gasteiger partial charge >= 0.3 is 0 Å². The molecule has 0 spiro atoms. The lowest BCUT2D eigenvalue weighted by molar-refractivity contribution is -0.128. The second-order valence-corrected chi connectivity index (χ2v) is 10.2. The van der Waals surface area contributed by atoms with Crippen LogP contribution < -0.4 is 19.7 Å². The van der Waals surface area contributed by atoms with Gasteiger partial charge in [0, 0.05) is 11.4 Å². The molecule has 1 N–H and O–H groups in total. The number of nitrogens with zero attached hydrogens (tertiary/aromatic N) is 1. The monoisotopic (exact) mass is 536 g/mol. The Balaban J connectivity index is 1.42. The molecule has 0 saturated heterocycles. The normalized spacial score (nSPS) is 15.5. The molecule has 2 amide bonds. The van der Waals surface area contributed by atoms with E-state index in [0.717, 1.165) is 21.7 Å². The number of carbonyl (C=O) groups is 2. The summed E-state index contributed by atoms with van der Waals surface area (Å²) >= 11 is 1.42. The van der Waals surface area contributed by atoms with Gasteiger partial charge in [-0.1, -0.05) is 37.3 Å². The fraction of sp³-hybridized carbons (Fsp3) is 0.333.